The van der Waals surface area contributed by atoms with Crippen LogP contribution in [0.25, 0.3) is 0 Å². The summed E-state index contributed by atoms with van der Waals surface area (Å²) in [7, 11) is 0. The summed E-state index contributed by atoms with van der Waals surface area (Å²) >= 11 is 5.84. The lowest BCUT2D eigenvalue weighted by molar-refractivity contribution is -0.385. The van der Waals surface area contributed by atoms with Crippen molar-refractivity contribution in [2.45, 2.75) is 26.2 Å². The first-order valence-corrected chi connectivity index (χ1v) is 7.65. The summed E-state index contributed by atoms with van der Waals surface area (Å²) in [6.45, 7) is 4.24. The van der Waals surface area contributed by atoms with Crippen LogP contribution in [0, 0.1) is 10.1 Å². The number of benzene rings is 2. The number of hydrogen-bond acceptors (Lipinski definition) is 3. The Morgan fingerprint density at radius 1 is 1.26 bits per heavy atom. The first-order chi connectivity index (χ1) is 10.9. The number of carbonyl (C=O) groups is 1. The third-order valence-corrected chi connectivity index (χ3v) is 3.98. The fourth-order valence-corrected chi connectivity index (χ4v) is 2.35. The lowest BCUT2D eigenvalue weighted by atomic mass is 9.98. The molecule has 0 fully saturated rings. The van der Waals surface area contributed by atoms with E-state index in [1.807, 2.05) is 12.1 Å². The molecule has 1 N–H and O–H groups in total. The van der Waals surface area contributed by atoms with Crippen LogP contribution in [0.4, 0.5) is 11.4 Å². The normalized spacial score (nSPS) is 11.8. The summed E-state index contributed by atoms with van der Waals surface area (Å²) in [5.41, 5.74) is 1.42. The molecular formula is C17H17ClN2O3. The molecule has 0 aliphatic carbocycles. The number of nitro groups is 1. The fourth-order valence-electron chi connectivity index (χ4n) is 2.18. The summed E-state index contributed by atoms with van der Waals surface area (Å²) in [5, 5.41) is 14.0. The Hall–Kier alpha value is -2.40. The van der Waals surface area contributed by atoms with Crippen LogP contribution in [0.3, 0.4) is 0 Å². The average molecular weight is 333 g/mol. The summed E-state index contributed by atoms with van der Waals surface area (Å²) in [5.74, 6) is -0.121. The van der Waals surface area contributed by atoms with Crippen molar-refractivity contribution < 1.29 is 9.72 Å². The highest BCUT2D eigenvalue weighted by Crippen LogP contribution is 2.25. The number of carbonyl (C=O) groups excluding carboxylic acids is 1. The van der Waals surface area contributed by atoms with Gasteiger partial charge >= 0.3 is 0 Å². The molecule has 2 rings (SSSR count). The van der Waals surface area contributed by atoms with Gasteiger partial charge in [-0.2, -0.15) is 0 Å². The van der Waals surface area contributed by atoms with E-state index in [4.69, 9.17) is 11.6 Å². The van der Waals surface area contributed by atoms with Crippen LogP contribution >= 0.6 is 11.6 Å². The Kier molecular flexibility index (Phi) is 5.34. The minimum Gasteiger partial charge on any atom is -0.322 e. The van der Waals surface area contributed by atoms with Gasteiger partial charge in [0, 0.05) is 16.8 Å². The van der Waals surface area contributed by atoms with E-state index in [1.54, 1.807) is 12.1 Å². The molecule has 0 bridgehead atoms. The zero-order valence-corrected chi connectivity index (χ0v) is 13.6. The van der Waals surface area contributed by atoms with Crippen molar-refractivity contribution >= 4 is 28.9 Å². The maximum atomic E-state index is 12.3. The van der Waals surface area contributed by atoms with Crippen molar-refractivity contribution in [2.75, 3.05) is 5.32 Å². The van der Waals surface area contributed by atoms with Gasteiger partial charge in [-0.1, -0.05) is 37.6 Å². The molecule has 1 amide bonds. The van der Waals surface area contributed by atoms with Crippen LogP contribution in [-0.4, -0.2) is 10.8 Å². The Morgan fingerprint density at radius 2 is 1.91 bits per heavy atom. The molecule has 5 nitrogen and oxygen atoms in total. The van der Waals surface area contributed by atoms with Crippen molar-refractivity contribution in [1.29, 1.82) is 0 Å². The van der Waals surface area contributed by atoms with E-state index in [-0.39, 0.29) is 16.3 Å². The number of nitrogens with zero attached hydrogens (tertiary/aromatic N) is 1. The minimum atomic E-state index is -0.600. The number of hydrogen-bond donors (Lipinski definition) is 1. The number of nitrogens with one attached hydrogen (secondary N) is 1. The standard InChI is InChI=1S/C17H17ClN2O3/c1-3-11(2)12-4-7-14(8-5-12)19-17(21)15-10-13(18)6-9-16(15)20(22)23/h4-11H,3H2,1-2H3,(H,19,21)/t11-/m1/s1. The Labute approximate surface area is 139 Å². The van der Waals surface area contributed by atoms with Gasteiger partial charge in [-0.25, -0.2) is 0 Å². The van der Waals surface area contributed by atoms with E-state index in [0.29, 0.717) is 11.6 Å². The predicted molar refractivity (Wildman–Crippen MR) is 91.2 cm³/mol. The molecule has 23 heavy (non-hydrogen) atoms. The number of nitro benzene ring substituents is 1. The highest BCUT2D eigenvalue weighted by atomic mass is 35.5. The second-order valence-electron chi connectivity index (χ2n) is 5.30. The molecule has 0 aliphatic heterocycles. The molecule has 2 aromatic carbocycles. The van der Waals surface area contributed by atoms with Gasteiger partial charge in [0.2, 0.25) is 0 Å². The molecule has 0 aromatic heterocycles. The molecule has 0 aliphatic rings. The highest BCUT2D eigenvalue weighted by Gasteiger charge is 2.20. The third kappa shape index (κ3) is 4.07. The summed E-state index contributed by atoms with van der Waals surface area (Å²) in [6, 6.07) is 11.4. The summed E-state index contributed by atoms with van der Waals surface area (Å²) < 4.78 is 0. The van der Waals surface area contributed by atoms with Gasteiger partial charge in [-0.3, -0.25) is 14.9 Å². The van der Waals surface area contributed by atoms with Crippen molar-refractivity contribution in [2.24, 2.45) is 0 Å². The topological polar surface area (TPSA) is 72.2 Å². The molecule has 0 saturated heterocycles. The molecular weight excluding hydrogens is 316 g/mol. The zero-order valence-electron chi connectivity index (χ0n) is 12.9. The first kappa shape index (κ1) is 17.0. The first-order valence-electron chi connectivity index (χ1n) is 7.27. The van der Waals surface area contributed by atoms with Gasteiger partial charge in [0.15, 0.2) is 0 Å². The smallest absolute Gasteiger partial charge is 0.282 e. The van der Waals surface area contributed by atoms with Crippen LogP contribution in [0.15, 0.2) is 42.5 Å². The molecule has 2 aromatic rings. The monoisotopic (exact) mass is 332 g/mol. The minimum absolute atomic E-state index is 0.0616. The third-order valence-electron chi connectivity index (χ3n) is 3.75. The fraction of sp³-hybridized carbons (Fsp3) is 0.235. The lowest BCUT2D eigenvalue weighted by Gasteiger charge is -2.10. The van der Waals surface area contributed by atoms with Crippen molar-refractivity contribution in [3.8, 4) is 0 Å². The van der Waals surface area contributed by atoms with Crippen LogP contribution < -0.4 is 5.32 Å². The van der Waals surface area contributed by atoms with Gasteiger partial charge in [-0.15, -0.1) is 0 Å². The molecule has 0 spiro atoms. The van der Waals surface area contributed by atoms with Crippen LogP contribution in [-0.2, 0) is 0 Å². The van der Waals surface area contributed by atoms with E-state index in [1.165, 1.54) is 23.8 Å². The van der Waals surface area contributed by atoms with Gasteiger partial charge in [0.25, 0.3) is 11.6 Å². The second-order valence-corrected chi connectivity index (χ2v) is 5.74. The number of rotatable bonds is 5. The van der Waals surface area contributed by atoms with Gasteiger partial charge in [0.1, 0.15) is 5.56 Å². The van der Waals surface area contributed by atoms with Gasteiger partial charge in [0.05, 0.1) is 4.92 Å². The maximum Gasteiger partial charge on any atom is 0.282 e. The van der Waals surface area contributed by atoms with E-state index in [9.17, 15) is 14.9 Å². The summed E-state index contributed by atoms with van der Waals surface area (Å²) in [4.78, 5) is 22.7. The van der Waals surface area contributed by atoms with Crippen LogP contribution in [0.5, 0.6) is 0 Å². The lowest BCUT2D eigenvalue weighted by Crippen LogP contribution is -2.14. The highest BCUT2D eigenvalue weighted by molar-refractivity contribution is 6.31. The molecule has 1 atom stereocenters. The molecule has 0 unspecified atom stereocenters. The zero-order chi connectivity index (χ0) is 17.0. The summed E-state index contributed by atoms with van der Waals surface area (Å²) in [6.07, 6.45) is 1.03. The van der Waals surface area contributed by atoms with E-state index >= 15 is 0 Å². The molecule has 0 radical (unpaired) electrons. The molecule has 0 saturated carbocycles. The van der Waals surface area contributed by atoms with Gasteiger partial charge in [-0.05, 0) is 42.2 Å². The van der Waals surface area contributed by atoms with Crippen LogP contribution in [0.2, 0.25) is 5.02 Å². The second kappa shape index (κ2) is 7.24. The van der Waals surface area contributed by atoms with E-state index in [0.717, 1.165) is 6.42 Å². The van der Waals surface area contributed by atoms with Crippen molar-refractivity contribution in [3.05, 3.63) is 68.7 Å². The maximum absolute atomic E-state index is 12.3. The average Bonchev–Trinajstić information content (AvgIpc) is 2.54. The Balaban J connectivity index is 2.22. The van der Waals surface area contributed by atoms with Crippen LogP contribution in [0.1, 0.15) is 42.1 Å². The van der Waals surface area contributed by atoms with E-state index < -0.39 is 10.8 Å². The van der Waals surface area contributed by atoms with Crippen molar-refractivity contribution in [1.82, 2.24) is 0 Å². The predicted octanol–water partition coefficient (Wildman–Crippen LogP) is 5.01. The van der Waals surface area contributed by atoms with Gasteiger partial charge < -0.3 is 5.32 Å². The van der Waals surface area contributed by atoms with Crippen molar-refractivity contribution in [3.63, 3.8) is 0 Å². The molecule has 0 heterocycles. The quantitative estimate of drug-likeness (QED) is 0.617. The number of amides is 1. The largest absolute Gasteiger partial charge is 0.322 e. The molecule has 6 heteroatoms. The number of anilines is 1. The molecule has 120 valence electrons. The Morgan fingerprint density at radius 3 is 2.48 bits per heavy atom. The number of halogens is 1. The Bertz CT molecular complexity index is 729. The SMILES string of the molecule is CC[C@@H](C)c1ccc(NC(=O)c2cc(Cl)ccc2[N+](=O)[O-])cc1. The van der Waals surface area contributed by atoms with E-state index in [2.05, 4.69) is 19.2 Å².